The van der Waals surface area contributed by atoms with Gasteiger partial charge in [0.15, 0.2) is 0 Å². The maximum atomic E-state index is 13.0. The molecule has 34 heavy (non-hydrogen) atoms. The molecule has 2 N–H and O–H groups in total. The van der Waals surface area contributed by atoms with Crippen LogP contribution in [0.3, 0.4) is 0 Å². The van der Waals surface area contributed by atoms with Crippen LogP contribution in [0, 0.1) is 5.92 Å². The number of rotatable bonds is 5. The van der Waals surface area contributed by atoms with E-state index in [1.54, 1.807) is 12.1 Å². The van der Waals surface area contributed by atoms with Gasteiger partial charge in [0.1, 0.15) is 6.54 Å². The molecule has 1 saturated carbocycles. The lowest BCUT2D eigenvalue weighted by Crippen LogP contribution is -2.49. The molecule has 3 aromatic rings. The van der Waals surface area contributed by atoms with Gasteiger partial charge in [-0.05, 0) is 42.5 Å². The van der Waals surface area contributed by atoms with Gasteiger partial charge in [0.2, 0.25) is 5.91 Å². The molecule has 0 radical (unpaired) electrons. The lowest BCUT2D eigenvalue weighted by molar-refractivity contribution is -0.120. The summed E-state index contributed by atoms with van der Waals surface area (Å²) >= 11 is 6.17. The van der Waals surface area contributed by atoms with Crippen molar-refractivity contribution in [3.05, 3.63) is 79.8 Å². The van der Waals surface area contributed by atoms with Gasteiger partial charge < -0.3 is 5.32 Å². The smallest absolute Gasteiger partial charge is 0.321 e. The van der Waals surface area contributed by atoms with Crippen molar-refractivity contribution < 1.29 is 9.59 Å². The van der Waals surface area contributed by atoms with Crippen molar-refractivity contribution in [2.24, 2.45) is 5.92 Å². The Hall–Kier alpha value is -3.39. The Morgan fingerprint density at radius 3 is 2.41 bits per heavy atom. The third-order valence-electron chi connectivity index (χ3n) is 6.36. The molecule has 178 valence electrons. The zero-order valence-corrected chi connectivity index (χ0v) is 19.7. The van der Waals surface area contributed by atoms with Crippen LogP contribution in [-0.2, 0) is 17.9 Å². The number of amides is 3. The molecule has 2 atom stereocenters. The Balaban J connectivity index is 1.60. The maximum Gasteiger partial charge on any atom is 0.321 e. The summed E-state index contributed by atoms with van der Waals surface area (Å²) in [6, 6.07) is 13.5. The Morgan fingerprint density at radius 2 is 1.68 bits per heavy atom. The predicted molar refractivity (Wildman–Crippen MR) is 131 cm³/mol. The van der Waals surface area contributed by atoms with Crippen LogP contribution in [-0.4, -0.2) is 27.1 Å². The van der Waals surface area contributed by atoms with Crippen molar-refractivity contribution in [3.63, 3.8) is 0 Å². The van der Waals surface area contributed by atoms with Crippen LogP contribution in [0.4, 0.5) is 4.79 Å². The number of halogens is 1. The number of benzene rings is 2. The summed E-state index contributed by atoms with van der Waals surface area (Å²) in [5.74, 6) is -0.356. The molecule has 0 unspecified atom stereocenters. The predicted octanol–water partition coefficient (Wildman–Crippen LogP) is 3.27. The van der Waals surface area contributed by atoms with Crippen LogP contribution in [0.1, 0.15) is 38.2 Å². The minimum atomic E-state index is -0.859. The third-order valence-corrected chi connectivity index (χ3v) is 6.59. The minimum Gasteiger partial charge on any atom is -0.335 e. The fraction of sp³-hybridized carbons (Fsp3) is 0.360. The summed E-state index contributed by atoms with van der Waals surface area (Å²) in [4.78, 5) is 51.0. The summed E-state index contributed by atoms with van der Waals surface area (Å²) < 4.78 is 2.44. The Labute approximate surface area is 201 Å². The summed E-state index contributed by atoms with van der Waals surface area (Å²) in [5.41, 5.74) is 0.0362. The second-order valence-electron chi connectivity index (χ2n) is 8.79. The first-order valence-electron chi connectivity index (χ1n) is 11.4. The van der Waals surface area contributed by atoms with E-state index in [1.165, 1.54) is 10.6 Å². The highest BCUT2D eigenvalue weighted by Crippen LogP contribution is 2.23. The molecule has 3 amide bonds. The molecule has 0 bridgehead atoms. The highest BCUT2D eigenvalue weighted by atomic mass is 35.5. The van der Waals surface area contributed by atoms with Gasteiger partial charge in [-0.3, -0.25) is 28.8 Å². The zero-order valence-electron chi connectivity index (χ0n) is 18.9. The molecule has 0 aliphatic heterocycles. The van der Waals surface area contributed by atoms with E-state index in [0.29, 0.717) is 22.0 Å². The van der Waals surface area contributed by atoms with E-state index in [2.05, 4.69) is 17.6 Å². The standard InChI is InChI=1S/C25H27ClN4O4/c1-16-7-5-6-10-19(16)27-25(34)28-22(31)15-30-21-13-18(26)11-12-20(21)29(23(32)24(30)33)14-17-8-3-2-4-9-17/h2-4,8-9,11-13,16,19H,5-7,10,14-15H2,1H3,(H2,27,28,31,34)/t16-,19-/m0/s1. The van der Waals surface area contributed by atoms with E-state index in [1.807, 2.05) is 30.3 Å². The topological polar surface area (TPSA) is 102 Å². The number of carbonyl (C=O) groups is 2. The van der Waals surface area contributed by atoms with E-state index in [0.717, 1.165) is 35.8 Å². The summed E-state index contributed by atoms with van der Waals surface area (Å²) in [6.07, 6.45) is 4.06. The number of fused-ring (bicyclic) bond motifs is 1. The number of nitrogens with one attached hydrogen (secondary N) is 2. The second kappa shape index (κ2) is 10.3. The van der Waals surface area contributed by atoms with Gasteiger partial charge in [0, 0.05) is 11.1 Å². The molecule has 1 fully saturated rings. The summed E-state index contributed by atoms with van der Waals surface area (Å²) in [7, 11) is 0. The Kier molecular flexibility index (Phi) is 7.17. The molecule has 2 aromatic carbocycles. The Morgan fingerprint density at radius 1 is 0.971 bits per heavy atom. The highest BCUT2D eigenvalue weighted by Gasteiger charge is 2.24. The van der Waals surface area contributed by atoms with E-state index in [9.17, 15) is 19.2 Å². The number of nitrogens with zero attached hydrogens (tertiary/aromatic N) is 2. The van der Waals surface area contributed by atoms with Crippen LogP contribution < -0.4 is 21.8 Å². The summed E-state index contributed by atoms with van der Waals surface area (Å²) in [6.45, 7) is 1.79. The monoisotopic (exact) mass is 482 g/mol. The lowest BCUT2D eigenvalue weighted by Gasteiger charge is -2.29. The number of imide groups is 1. The van der Waals surface area contributed by atoms with Crippen molar-refractivity contribution >= 4 is 34.6 Å². The number of urea groups is 1. The molecule has 0 saturated heterocycles. The van der Waals surface area contributed by atoms with Crippen molar-refractivity contribution in [3.8, 4) is 0 Å². The molecule has 1 aliphatic rings. The number of carbonyl (C=O) groups excluding carboxylic acids is 2. The van der Waals surface area contributed by atoms with Gasteiger partial charge in [0.05, 0.1) is 17.6 Å². The average Bonchev–Trinajstić information content (AvgIpc) is 2.81. The first-order chi connectivity index (χ1) is 16.3. The van der Waals surface area contributed by atoms with Gasteiger partial charge in [-0.1, -0.05) is 61.7 Å². The zero-order chi connectivity index (χ0) is 24.2. The number of hydrogen-bond donors (Lipinski definition) is 2. The quantitative estimate of drug-likeness (QED) is 0.545. The van der Waals surface area contributed by atoms with Crippen molar-refractivity contribution in [2.75, 3.05) is 0 Å². The molecule has 9 heteroatoms. The fourth-order valence-corrected chi connectivity index (χ4v) is 4.68. The molecule has 1 aromatic heterocycles. The molecule has 1 heterocycles. The van der Waals surface area contributed by atoms with Gasteiger partial charge in [-0.2, -0.15) is 0 Å². The fourth-order valence-electron chi connectivity index (χ4n) is 4.52. The van der Waals surface area contributed by atoms with Crippen LogP contribution in [0.5, 0.6) is 0 Å². The van der Waals surface area contributed by atoms with E-state index >= 15 is 0 Å². The second-order valence-corrected chi connectivity index (χ2v) is 9.23. The molecular formula is C25H27ClN4O4. The van der Waals surface area contributed by atoms with Gasteiger partial charge >= 0.3 is 17.1 Å². The minimum absolute atomic E-state index is 0.00539. The van der Waals surface area contributed by atoms with Crippen LogP contribution in [0.2, 0.25) is 5.02 Å². The van der Waals surface area contributed by atoms with Gasteiger partial charge in [-0.25, -0.2) is 4.79 Å². The summed E-state index contributed by atoms with van der Waals surface area (Å²) in [5, 5.41) is 5.49. The largest absolute Gasteiger partial charge is 0.335 e. The van der Waals surface area contributed by atoms with Crippen molar-refractivity contribution in [1.29, 1.82) is 0 Å². The van der Waals surface area contributed by atoms with Crippen LogP contribution >= 0.6 is 11.6 Å². The third kappa shape index (κ3) is 5.22. The van der Waals surface area contributed by atoms with Crippen molar-refractivity contribution in [2.45, 2.75) is 51.7 Å². The lowest BCUT2D eigenvalue weighted by atomic mass is 9.86. The van der Waals surface area contributed by atoms with Crippen molar-refractivity contribution in [1.82, 2.24) is 19.8 Å². The average molecular weight is 483 g/mol. The number of aromatic nitrogens is 2. The first-order valence-corrected chi connectivity index (χ1v) is 11.8. The van der Waals surface area contributed by atoms with Crippen LogP contribution in [0.15, 0.2) is 58.1 Å². The van der Waals surface area contributed by atoms with Gasteiger partial charge in [0.25, 0.3) is 0 Å². The molecule has 0 spiro atoms. The van der Waals surface area contributed by atoms with Gasteiger partial charge in [-0.15, -0.1) is 0 Å². The van der Waals surface area contributed by atoms with E-state index < -0.39 is 29.6 Å². The SMILES string of the molecule is C[C@H]1CCCC[C@@H]1NC(=O)NC(=O)Cn1c(=O)c(=O)n(Cc2ccccc2)c2ccc(Cl)cc21. The molecular weight excluding hydrogens is 456 g/mol. The highest BCUT2D eigenvalue weighted by molar-refractivity contribution is 6.31. The Bertz CT molecular complexity index is 1330. The van der Waals surface area contributed by atoms with E-state index in [-0.39, 0.29) is 12.6 Å². The molecule has 1 aliphatic carbocycles. The molecule has 4 rings (SSSR count). The normalized spacial score (nSPS) is 17.9. The number of hydrogen-bond acceptors (Lipinski definition) is 4. The molecule has 8 nitrogen and oxygen atoms in total. The van der Waals surface area contributed by atoms with E-state index in [4.69, 9.17) is 11.6 Å². The maximum absolute atomic E-state index is 13.0. The van der Waals surface area contributed by atoms with Crippen LogP contribution in [0.25, 0.3) is 11.0 Å². The first kappa shape index (κ1) is 23.8.